The van der Waals surface area contributed by atoms with Gasteiger partial charge in [-0.15, -0.1) is 11.3 Å². The van der Waals surface area contributed by atoms with Crippen molar-refractivity contribution >= 4 is 35.4 Å². The van der Waals surface area contributed by atoms with Crippen molar-refractivity contribution in [2.75, 3.05) is 0 Å². The summed E-state index contributed by atoms with van der Waals surface area (Å²) in [6.07, 6.45) is 4.67. The zero-order valence-corrected chi connectivity index (χ0v) is 15.0. The minimum atomic E-state index is -0.528. The quantitative estimate of drug-likeness (QED) is 0.394. The summed E-state index contributed by atoms with van der Waals surface area (Å²) in [5, 5.41) is 8.43. The number of pyridine rings is 1. The van der Waals surface area contributed by atoms with E-state index in [2.05, 4.69) is 20.8 Å². The van der Waals surface area contributed by atoms with Crippen LogP contribution in [-0.4, -0.2) is 23.0 Å². The van der Waals surface area contributed by atoms with Crippen molar-refractivity contribution in [1.82, 2.24) is 15.7 Å². The summed E-state index contributed by atoms with van der Waals surface area (Å²) in [5.41, 5.74) is 3.58. The Morgan fingerprint density at radius 1 is 1.00 bits per heavy atom. The number of benzene rings is 1. The Hall–Kier alpha value is -3.58. The average Bonchev–Trinajstić information content (AvgIpc) is 3.22. The van der Waals surface area contributed by atoms with Crippen LogP contribution in [0.25, 0.3) is 6.08 Å². The topological polar surface area (TPSA) is 83.4 Å². The van der Waals surface area contributed by atoms with Gasteiger partial charge in [0.05, 0.1) is 11.9 Å². The zero-order chi connectivity index (χ0) is 18.9. The third kappa shape index (κ3) is 5.45. The van der Waals surface area contributed by atoms with E-state index in [0.717, 1.165) is 4.88 Å². The van der Waals surface area contributed by atoms with Gasteiger partial charge in [-0.2, -0.15) is 5.10 Å². The Labute approximate surface area is 160 Å². The highest BCUT2D eigenvalue weighted by Crippen LogP contribution is 2.13. The van der Waals surface area contributed by atoms with Crippen LogP contribution in [0.5, 0.6) is 0 Å². The van der Waals surface area contributed by atoms with E-state index in [1.54, 1.807) is 48.7 Å². The van der Waals surface area contributed by atoms with E-state index in [-0.39, 0.29) is 11.6 Å². The van der Waals surface area contributed by atoms with Crippen molar-refractivity contribution in [1.29, 1.82) is 0 Å². The Bertz CT molecular complexity index is 952. The normalized spacial score (nSPS) is 11.3. The average molecular weight is 376 g/mol. The van der Waals surface area contributed by atoms with Crippen molar-refractivity contribution in [2.45, 2.75) is 0 Å². The van der Waals surface area contributed by atoms with Gasteiger partial charge in [-0.1, -0.05) is 30.3 Å². The van der Waals surface area contributed by atoms with Gasteiger partial charge in [0.2, 0.25) is 0 Å². The molecule has 0 atom stereocenters. The van der Waals surface area contributed by atoms with Gasteiger partial charge >= 0.3 is 0 Å². The summed E-state index contributed by atoms with van der Waals surface area (Å²) in [6, 6.07) is 17.8. The lowest BCUT2D eigenvalue weighted by Crippen LogP contribution is -2.32. The number of amides is 2. The molecule has 0 saturated heterocycles. The number of hydrogen-bond acceptors (Lipinski definition) is 5. The summed E-state index contributed by atoms with van der Waals surface area (Å²) in [7, 11) is 0. The fraction of sp³-hybridized carbons (Fsp3) is 0. The zero-order valence-electron chi connectivity index (χ0n) is 14.2. The third-order valence-corrected chi connectivity index (χ3v) is 4.23. The lowest BCUT2D eigenvalue weighted by molar-refractivity contribution is -0.117. The third-order valence-electron chi connectivity index (χ3n) is 3.41. The van der Waals surface area contributed by atoms with Crippen LogP contribution in [0.3, 0.4) is 0 Å². The second-order valence-electron chi connectivity index (χ2n) is 5.35. The molecule has 0 aliphatic rings. The Kier molecular flexibility index (Phi) is 6.21. The van der Waals surface area contributed by atoms with Crippen molar-refractivity contribution in [2.24, 2.45) is 5.10 Å². The molecule has 2 N–H and O–H groups in total. The molecule has 0 bridgehead atoms. The Morgan fingerprint density at radius 2 is 1.81 bits per heavy atom. The highest BCUT2D eigenvalue weighted by molar-refractivity contribution is 7.10. The van der Waals surface area contributed by atoms with E-state index in [4.69, 9.17) is 0 Å². The van der Waals surface area contributed by atoms with Gasteiger partial charge in [-0.05, 0) is 41.8 Å². The van der Waals surface area contributed by atoms with E-state index in [1.165, 1.54) is 17.6 Å². The van der Waals surface area contributed by atoms with Crippen molar-refractivity contribution in [3.8, 4) is 0 Å². The SMILES string of the molecule is O=C(N/N=C/c1ccccn1)/C(=C\c1cccs1)NC(=O)c1ccccc1. The maximum Gasteiger partial charge on any atom is 0.287 e. The van der Waals surface area contributed by atoms with Gasteiger partial charge in [-0.25, -0.2) is 5.43 Å². The molecule has 0 fully saturated rings. The molecule has 0 spiro atoms. The first-order valence-electron chi connectivity index (χ1n) is 8.08. The molecule has 0 saturated carbocycles. The number of nitrogens with zero attached hydrogens (tertiary/aromatic N) is 2. The van der Waals surface area contributed by atoms with Crippen LogP contribution in [0.1, 0.15) is 20.9 Å². The number of thiophene rings is 1. The molecule has 27 heavy (non-hydrogen) atoms. The molecular weight excluding hydrogens is 360 g/mol. The van der Waals surface area contributed by atoms with Gasteiger partial charge < -0.3 is 5.32 Å². The van der Waals surface area contributed by atoms with Gasteiger partial charge in [0, 0.05) is 16.6 Å². The molecule has 2 amide bonds. The number of hydrazone groups is 1. The first-order chi connectivity index (χ1) is 13.2. The lowest BCUT2D eigenvalue weighted by Gasteiger charge is -2.08. The number of carbonyl (C=O) groups is 2. The number of rotatable bonds is 6. The number of aromatic nitrogens is 1. The molecule has 3 aromatic rings. The smallest absolute Gasteiger partial charge is 0.287 e. The second kappa shape index (κ2) is 9.21. The highest BCUT2D eigenvalue weighted by Gasteiger charge is 2.14. The first-order valence-corrected chi connectivity index (χ1v) is 8.96. The summed E-state index contributed by atoms with van der Waals surface area (Å²) < 4.78 is 0. The van der Waals surface area contributed by atoms with Gasteiger partial charge in [0.15, 0.2) is 0 Å². The van der Waals surface area contributed by atoms with Crippen molar-refractivity contribution in [3.63, 3.8) is 0 Å². The molecule has 0 unspecified atom stereocenters. The molecule has 0 radical (unpaired) electrons. The lowest BCUT2D eigenvalue weighted by atomic mass is 10.2. The summed E-state index contributed by atoms with van der Waals surface area (Å²) in [4.78, 5) is 29.8. The van der Waals surface area contributed by atoms with Crippen molar-refractivity contribution < 1.29 is 9.59 Å². The minimum absolute atomic E-state index is 0.101. The summed E-state index contributed by atoms with van der Waals surface area (Å²) >= 11 is 1.46. The minimum Gasteiger partial charge on any atom is -0.317 e. The summed E-state index contributed by atoms with van der Waals surface area (Å²) in [6.45, 7) is 0. The maximum absolute atomic E-state index is 12.5. The number of hydrogen-bond donors (Lipinski definition) is 2. The molecule has 1 aromatic carbocycles. The molecule has 0 aliphatic carbocycles. The monoisotopic (exact) mass is 376 g/mol. The standard InChI is InChI=1S/C20H16N4O2S/c25-19(15-7-2-1-3-8-15)23-18(13-17-10-6-12-27-17)20(26)24-22-14-16-9-4-5-11-21-16/h1-14H,(H,23,25)(H,24,26)/b18-13+,22-14+. The molecular formula is C20H16N4O2S. The van der Waals surface area contributed by atoms with E-state index in [0.29, 0.717) is 11.3 Å². The van der Waals surface area contributed by atoms with Gasteiger partial charge in [-0.3, -0.25) is 14.6 Å². The van der Waals surface area contributed by atoms with Crippen LogP contribution in [0.2, 0.25) is 0 Å². The van der Waals surface area contributed by atoms with E-state index >= 15 is 0 Å². The van der Waals surface area contributed by atoms with Gasteiger partial charge in [0.1, 0.15) is 5.70 Å². The molecule has 134 valence electrons. The fourth-order valence-corrected chi connectivity index (χ4v) is 2.78. The van der Waals surface area contributed by atoms with Crippen LogP contribution in [0.4, 0.5) is 0 Å². The van der Waals surface area contributed by atoms with E-state index < -0.39 is 5.91 Å². The van der Waals surface area contributed by atoms with Crippen LogP contribution in [-0.2, 0) is 4.79 Å². The van der Waals surface area contributed by atoms with E-state index in [9.17, 15) is 9.59 Å². The number of nitrogens with one attached hydrogen (secondary N) is 2. The Morgan fingerprint density at radius 3 is 2.52 bits per heavy atom. The van der Waals surface area contributed by atoms with Crippen LogP contribution in [0.15, 0.2) is 83.0 Å². The molecule has 2 aromatic heterocycles. The Balaban J connectivity index is 1.74. The molecule has 7 heteroatoms. The highest BCUT2D eigenvalue weighted by atomic mass is 32.1. The largest absolute Gasteiger partial charge is 0.317 e. The maximum atomic E-state index is 12.5. The van der Waals surface area contributed by atoms with Crippen LogP contribution in [0, 0.1) is 0 Å². The molecule has 3 rings (SSSR count). The van der Waals surface area contributed by atoms with Crippen LogP contribution >= 0.6 is 11.3 Å². The molecule has 6 nitrogen and oxygen atoms in total. The number of carbonyl (C=O) groups excluding carboxylic acids is 2. The molecule has 2 heterocycles. The predicted octanol–water partition coefficient (Wildman–Crippen LogP) is 3.06. The molecule has 0 aliphatic heterocycles. The first kappa shape index (κ1) is 18.2. The van der Waals surface area contributed by atoms with Gasteiger partial charge in [0.25, 0.3) is 11.8 Å². The fourth-order valence-electron chi connectivity index (χ4n) is 2.13. The van der Waals surface area contributed by atoms with E-state index in [1.807, 2.05) is 29.6 Å². The predicted molar refractivity (Wildman–Crippen MR) is 106 cm³/mol. The summed E-state index contributed by atoms with van der Waals surface area (Å²) in [5.74, 6) is -0.901. The second-order valence-corrected chi connectivity index (χ2v) is 6.33. The van der Waals surface area contributed by atoms with Crippen molar-refractivity contribution in [3.05, 3.63) is 94.1 Å². The van der Waals surface area contributed by atoms with Crippen LogP contribution < -0.4 is 10.7 Å².